The monoisotopic (exact) mass is 298 g/mol. The molecule has 2 aromatic rings. The third-order valence-corrected chi connectivity index (χ3v) is 3.39. The summed E-state index contributed by atoms with van der Waals surface area (Å²) in [4.78, 5) is 25.6. The first kappa shape index (κ1) is 13.2. The number of carbonyl (C=O) groups is 1. The van der Waals surface area contributed by atoms with Gasteiger partial charge >= 0.3 is 5.00 Å². The molecule has 3 N–H and O–H groups in total. The van der Waals surface area contributed by atoms with E-state index in [0.29, 0.717) is 0 Å². The first-order valence-electron chi connectivity index (χ1n) is 4.94. The van der Waals surface area contributed by atoms with Crippen LogP contribution in [0, 0.1) is 10.1 Å². The standard InChI is InChI=1S/C10H7ClN4O3S/c11-6-3-1-2-5(8(6)12)9(16)14-10-13-4-7(19-10)15(17)18/h1-4H,12H2,(H,13,14,16). The van der Waals surface area contributed by atoms with Gasteiger partial charge in [-0.25, -0.2) is 4.98 Å². The zero-order valence-corrected chi connectivity index (χ0v) is 10.9. The van der Waals surface area contributed by atoms with E-state index in [0.717, 1.165) is 17.5 Å². The number of nitrogens with zero attached hydrogens (tertiary/aromatic N) is 2. The lowest BCUT2D eigenvalue weighted by atomic mass is 10.1. The second-order valence-corrected chi connectivity index (χ2v) is 4.83. The van der Waals surface area contributed by atoms with E-state index >= 15 is 0 Å². The Kier molecular flexibility index (Phi) is 3.63. The highest BCUT2D eigenvalue weighted by Gasteiger charge is 2.16. The van der Waals surface area contributed by atoms with E-state index in [4.69, 9.17) is 17.3 Å². The fraction of sp³-hybridized carbons (Fsp3) is 0. The number of hydrogen-bond acceptors (Lipinski definition) is 6. The number of nitrogens with two attached hydrogens (primary N) is 1. The molecule has 0 aliphatic heterocycles. The van der Waals surface area contributed by atoms with Crippen LogP contribution in [-0.4, -0.2) is 15.8 Å². The summed E-state index contributed by atoms with van der Waals surface area (Å²) in [6, 6.07) is 4.64. The van der Waals surface area contributed by atoms with Gasteiger partial charge in [0, 0.05) is 0 Å². The van der Waals surface area contributed by atoms with Crippen LogP contribution in [-0.2, 0) is 0 Å². The number of hydrogen-bond donors (Lipinski definition) is 2. The second kappa shape index (κ2) is 5.21. The molecular weight excluding hydrogens is 292 g/mol. The number of carbonyl (C=O) groups excluding carboxylic acids is 1. The van der Waals surface area contributed by atoms with Crippen molar-refractivity contribution < 1.29 is 9.72 Å². The molecule has 0 fully saturated rings. The number of nitrogen functional groups attached to an aromatic ring is 1. The molecule has 0 saturated carbocycles. The van der Waals surface area contributed by atoms with E-state index in [1.807, 2.05) is 0 Å². The van der Waals surface area contributed by atoms with E-state index in [2.05, 4.69) is 10.3 Å². The quantitative estimate of drug-likeness (QED) is 0.514. The Bertz CT molecular complexity index is 658. The minimum Gasteiger partial charge on any atom is -0.397 e. The van der Waals surface area contributed by atoms with Gasteiger partial charge in [-0.05, 0) is 23.5 Å². The molecule has 0 aliphatic carbocycles. The molecule has 0 aliphatic rings. The second-order valence-electron chi connectivity index (χ2n) is 3.42. The van der Waals surface area contributed by atoms with Crippen molar-refractivity contribution in [1.82, 2.24) is 4.98 Å². The summed E-state index contributed by atoms with van der Waals surface area (Å²) in [6.45, 7) is 0. The van der Waals surface area contributed by atoms with Crippen molar-refractivity contribution in [2.45, 2.75) is 0 Å². The molecule has 0 bridgehead atoms. The van der Waals surface area contributed by atoms with Crippen molar-refractivity contribution in [1.29, 1.82) is 0 Å². The lowest BCUT2D eigenvalue weighted by Gasteiger charge is -2.05. The molecular formula is C10H7ClN4O3S. The fourth-order valence-electron chi connectivity index (χ4n) is 1.31. The Morgan fingerprint density at radius 3 is 2.89 bits per heavy atom. The number of halogens is 1. The molecule has 0 atom stereocenters. The van der Waals surface area contributed by atoms with Crippen LogP contribution in [0.5, 0.6) is 0 Å². The van der Waals surface area contributed by atoms with E-state index in [1.54, 1.807) is 12.1 Å². The summed E-state index contributed by atoms with van der Waals surface area (Å²) in [7, 11) is 0. The maximum atomic E-state index is 11.9. The fourth-order valence-corrected chi connectivity index (χ4v) is 2.11. The predicted molar refractivity (Wildman–Crippen MR) is 72.6 cm³/mol. The first-order chi connectivity index (χ1) is 8.99. The van der Waals surface area contributed by atoms with Crippen LogP contribution < -0.4 is 11.1 Å². The van der Waals surface area contributed by atoms with Crippen molar-refractivity contribution >= 4 is 44.7 Å². The van der Waals surface area contributed by atoms with Crippen molar-refractivity contribution in [3.8, 4) is 0 Å². The van der Waals surface area contributed by atoms with Crippen molar-refractivity contribution in [2.75, 3.05) is 11.1 Å². The van der Waals surface area contributed by atoms with Gasteiger partial charge in [0.05, 0.1) is 21.2 Å². The highest BCUT2D eigenvalue weighted by molar-refractivity contribution is 7.18. The Labute approximate surface area is 116 Å². The van der Waals surface area contributed by atoms with E-state index in [9.17, 15) is 14.9 Å². The summed E-state index contributed by atoms with van der Waals surface area (Å²) >= 11 is 6.56. The minimum absolute atomic E-state index is 0.121. The maximum Gasteiger partial charge on any atom is 0.345 e. The molecule has 1 amide bonds. The van der Waals surface area contributed by atoms with Crippen molar-refractivity contribution in [2.24, 2.45) is 0 Å². The largest absolute Gasteiger partial charge is 0.397 e. The lowest BCUT2D eigenvalue weighted by Crippen LogP contribution is -2.13. The zero-order chi connectivity index (χ0) is 14.0. The number of para-hydroxylation sites is 1. The molecule has 19 heavy (non-hydrogen) atoms. The van der Waals surface area contributed by atoms with Gasteiger partial charge in [0.25, 0.3) is 5.91 Å². The van der Waals surface area contributed by atoms with Crippen LogP contribution in [0.4, 0.5) is 15.8 Å². The van der Waals surface area contributed by atoms with Crippen LogP contribution in [0.15, 0.2) is 24.4 Å². The molecule has 1 aromatic heterocycles. The first-order valence-corrected chi connectivity index (χ1v) is 6.14. The normalized spacial score (nSPS) is 10.2. The van der Waals surface area contributed by atoms with E-state index < -0.39 is 10.8 Å². The van der Waals surface area contributed by atoms with Gasteiger partial charge in [-0.1, -0.05) is 17.7 Å². The molecule has 1 aromatic carbocycles. The number of rotatable bonds is 3. The highest BCUT2D eigenvalue weighted by atomic mass is 35.5. The molecule has 0 saturated heterocycles. The Hall–Kier alpha value is -2.19. The summed E-state index contributed by atoms with van der Waals surface area (Å²) in [5, 5.41) is 13.1. The number of nitro groups is 1. The number of anilines is 2. The summed E-state index contributed by atoms with van der Waals surface area (Å²) < 4.78 is 0. The Morgan fingerprint density at radius 1 is 1.53 bits per heavy atom. The molecule has 0 unspecified atom stereocenters. The van der Waals surface area contributed by atoms with Crippen LogP contribution in [0.1, 0.15) is 10.4 Å². The van der Waals surface area contributed by atoms with Gasteiger partial charge in [-0.2, -0.15) is 0 Å². The number of benzene rings is 1. The molecule has 98 valence electrons. The van der Waals surface area contributed by atoms with Crippen LogP contribution in [0.2, 0.25) is 5.02 Å². The summed E-state index contributed by atoms with van der Waals surface area (Å²) in [6.07, 6.45) is 1.07. The third-order valence-electron chi connectivity index (χ3n) is 2.19. The van der Waals surface area contributed by atoms with Gasteiger partial charge in [0.1, 0.15) is 6.20 Å². The molecule has 9 heteroatoms. The lowest BCUT2D eigenvalue weighted by molar-refractivity contribution is -0.380. The van der Waals surface area contributed by atoms with Crippen LogP contribution in [0.25, 0.3) is 0 Å². The van der Waals surface area contributed by atoms with E-state index in [1.165, 1.54) is 6.07 Å². The Morgan fingerprint density at radius 2 is 2.26 bits per heavy atom. The van der Waals surface area contributed by atoms with Crippen LogP contribution in [0.3, 0.4) is 0 Å². The third kappa shape index (κ3) is 2.80. The highest BCUT2D eigenvalue weighted by Crippen LogP contribution is 2.27. The SMILES string of the molecule is Nc1c(Cl)cccc1C(=O)Nc1ncc([N+](=O)[O-])s1. The number of nitrogens with one attached hydrogen (secondary N) is 1. The van der Waals surface area contributed by atoms with Gasteiger partial charge < -0.3 is 5.73 Å². The van der Waals surface area contributed by atoms with E-state index in [-0.39, 0.29) is 26.4 Å². The summed E-state index contributed by atoms with van der Waals surface area (Å²) in [5.74, 6) is -0.524. The molecule has 0 radical (unpaired) electrons. The maximum absolute atomic E-state index is 11.9. The number of amides is 1. The average Bonchev–Trinajstić information content (AvgIpc) is 2.81. The van der Waals surface area contributed by atoms with Crippen molar-refractivity contribution in [3.05, 3.63) is 45.1 Å². The Balaban J connectivity index is 2.21. The zero-order valence-electron chi connectivity index (χ0n) is 9.29. The predicted octanol–water partition coefficient (Wildman–Crippen LogP) is 2.54. The minimum atomic E-state index is -0.582. The molecule has 0 spiro atoms. The van der Waals surface area contributed by atoms with Crippen molar-refractivity contribution in [3.63, 3.8) is 0 Å². The average molecular weight is 299 g/mol. The van der Waals surface area contributed by atoms with Gasteiger partial charge in [0.2, 0.25) is 0 Å². The van der Waals surface area contributed by atoms with Gasteiger partial charge in [-0.15, -0.1) is 0 Å². The smallest absolute Gasteiger partial charge is 0.345 e. The number of aromatic nitrogens is 1. The number of thiazole rings is 1. The summed E-state index contributed by atoms with van der Waals surface area (Å²) in [5.41, 5.74) is 6.00. The molecule has 1 heterocycles. The van der Waals surface area contributed by atoms with Gasteiger partial charge in [0.15, 0.2) is 5.13 Å². The molecule has 2 rings (SSSR count). The topological polar surface area (TPSA) is 111 Å². The van der Waals surface area contributed by atoms with Crippen LogP contribution >= 0.6 is 22.9 Å². The molecule has 7 nitrogen and oxygen atoms in total. The van der Waals surface area contributed by atoms with Gasteiger partial charge in [-0.3, -0.25) is 20.2 Å².